The van der Waals surface area contributed by atoms with Crippen LogP contribution in [-0.2, 0) is 4.74 Å². The van der Waals surface area contributed by atoms with Crippen molar-refractivity contribution in [2.75, 3.05) is 12.4 Å². The summed E-state index contributed by atoms with van der Waals surface area (Å²) in [5.74, 6) is -1.17. The number of aromatic nitrogens is 1. The Morgan fingerprint density at radius 1 is 1.09 bits per heavy atom. The van der Waals surface area contributed by atoms with Crippen LogP contribution in [0.2, 0.25) is 0 Å². The van der Waals surface area contributed by atoms with Crippen molar-refractivity contribution in [1.82, 2.24) is 4.98 Å². The van der Waals surface area contributed by atoms with Crippen molar-refractivity contribution in [2.45, 2.75) is 0 Å². The molecule has 5 nitrogen and oxygen atoms in total. The molecular weight excluding hydrogens is 299 g/mol. The molecule has 1 amide bonds. The lowest BCUT2D eigenvalue weighted by molar-refractivity contribution is 0.0600. The fourth-order valence-corrected chi connectivity index (χ4v) is 2.23. The Morgan fingerprint density at radius 3 is 2.52 bits per heavy atom. The summed E-state index contributed by atoms with van der Waals surface area (Å²) in [5, 5.41) is 3.45. The van der Waals surface area contributed by atoms with Crippen LogP contribution in [0.1, 0.15) is 20.8 Å². The first-order valence-electron chi connectivity index (χ1n) is 6.85. The van der Waals surface area contributed by atoms with Crippen LogP contribution < -0.4 is 5.32 Å². The minimum atomic E-state index is -0.444. The van der Waals surface area contributed by atoms with Gasteiger partial charge < -0.3 is 15.0 Å². The maximum atomic E-state index is 13.2. The lowest BCUT2D eigenvalue weighted by atomic mass is 10.2. The number of fused-ring (bicyclic) bond motifs is 1. The molecule has 1 aromatic heterocycles. The molecule has 2 aromatic carbocycles. The number of carbonyl (C=O) groups excluding carboxylic acids is 2. The van der Waals surface area contributed by atoms with Gasteiger partial charge in [-0.2, -0.15) is 0 Å². The van der Waals surface area contributed by atoms with E-state index in [1.807, 2.05) is 0 Å². The van der Waals surface area contributed by atoms with E-state index < -0.39 is 5.97 Å². The van der Waals surface area contributed by atoms with Gasteiger partial charge in [0.25, 0.3) is 5.91 Å². The zero-order chi connectivity index (χ0) is 16.4. The molecule has 1 heterocycles. The van der Waals surface area contributed by atoms with E-state index in [4.69, 9.17) is 0 Å². The van der Waals surface area contributed by atoms with Gasteiger partial charge in [-0.05, 0) is 48.5 Å². The zero-order valence-electron chi connectivity index (χ0n) is 12.2. The maximum absolute atomic E-state index is 13.2. The van der Waals surface area contributed by atoms with Crippen LogP contribution in [-0.4, -0.2) is 24.0 Å². The minimum Gasteiger partial charge on any atom is -0.465 e. The number of aromatic amines is 1. The Hall–Kier alpha value is -3.15. The lowest BCUT2D eigenvalue weighted by Gasteiger charge is -2.04. The molecule has 0 bridgehead atoms. The Labute approximate surface area is 131 Å². The summed E-state index contributed by atoms with van der Waals surface area (Å²) in [6.45, 7) is 0. The Kier molecular flexibility index (Phi) is 3.80. The number of nitrogens with one attached hydrogen (secondary N) is 2. The van der Waals surface area contributed by atoms with Gasteiger partial charge in [-0.3, -0.25) is 4.79 Å². The predicted molar refractivity (Wildman–Crippen MR) is 84.0 cm³/mol. The Bertz CT molecular complexity index is 884. The van der Waals surface area contributed by atoms with Crippen molar-refractivity contribution in [1.29, 1.82) is 0 Å². The predicted octanol–water partition coefficient (Wildman–Crippen LogP) is 3.35. The number of H-pyrrole nitrogens is 1. The highest BCUT2D eigenvalue weighted by Crippen LogP contribution is 2.18. The molecule has 23 heavy (non-hydrogen) atoms. The van der Waals surface area contributed by atoms with E-state index in [2.05, 4.69) is 15.0 Å². The van der Waals surface area contributed by atoms with Crippen LogP contribution in [0, 0.1) is 5.82 Å². The molecule has 0 aliphatic carbocycles. The van der Waals surface area contributed by atoms with Crippen molar-refractivity contribution in [2.24, 2.45) is 0 Å². The Balaban J connectivity index is 1.78. The van der Waals surface area contributed by atoms with Gasteiger partial charge in [-0.25, -0.2) is 9.18 Å². The molecule has 0 radical (unpaired) electrons. The normalized spacial score (nSPS) is 10.5. The topological polar surface area (TPSA) is 71.2 Å². The number of hydrogen-bond donors (Lipinski definition) is 2. The van der Waals surface area contributed by atoms with Crippen molar-refractivity contribution >= 4 is 28.5 Å². The number of ether oxygens (including phenoxy) is 1. The molecule has 116 valence electrons. The standard InChI is InChI=1S/C17H13FN2O3/c1-23-17(22)10-3-6-13(7-4-10)19-16(21)15-8-11-2-5-12(18)9-14(11)20-15/h2-9,20H,1H3,(H,19,21). The van der Waals surface area contributed by atoms with Gasteiger partial charge in [0.1, 0.15) is 11.5 Å². The van der Waals surface area contributed by atoms with E-state index in [1.54, 1.807) is 36.4 Å². The average Bonchev–Trinajstić information content (AvgIpc) is 2.98. The van der Waals surface area contributed by atoms with E-state index in [0.29, 0.717) is 22.5 Å². The van der Waals surface area contributed by atoms with Gasteiger partial charge >= 0.3 is 5.97 Å². The third-order valence-corrected chi connectivity index (χ3v) is 3.39. The second-order valence-corrected chi connectivity index (χ2v) is 4.94. The molecule has 2 N–H and O–H groups in total. The number of hydrogen-bond acceptors (Lipinski definition) is 3. The highest BCUT2D eigenvalue weighted by atomic mass is 19.1. The summed E-state index contributed by atoms with van der Waals surface area (Å²) in [4.78, 5) is 26.4. The van der Waals surface area contributed by atoms with E-state index >= 15 is 0 Å². The molecule has 3 rings (SSSR count). The first-order chi connectivity index (χ1) is 11.1. The lowest BCUT2D eigenvalue weighted by Crippen LogP contribution is -2.12. The number of rotatable bonds is 3. The zero-order valence-corrected chi connectivity index (χ0v) is 12.2. The monoisotopic (exact) mass is 312 g/mol. The molecule has 0 fully saturated rings. The summed E-state index contributed by atoms with van der Waals surface area (Å²) in [7, 11) is 1.30. The summed E-state index contributed by atoms with van der Waals surface area (Å²) >= 11 is 0. The second kappa shape index (κ2) is 5.92. The van der Waals surface area contributed by atoms with Crippen molar-refractivity contribution in [3.05, 3.63) is 65.6 Å². The highest BCUT2D eigenvalue weighted by molar-refractivity contribution is 6.06. The first kappa shape index (κ1) is 14.8. The van der Waals surface area contributed by atoms with Crippen LogP contribution in [0.25, 0.3) is 10.9 Å². The van der Waals surface area contributed by atoms with Crippen LogP contribution in [0.3, 0.4) is 0 Å². The van der Waals surface area contributed by atoms with Gasteiger partial charge in [0.2, 0.25) is 0 Å². The van der Waals surface area contributed by atoms with Gasteiger partial charge in [0, 0.05) is 16.6 Å². The fraction of sp³-hybridized carbons (Fsp3) is 0.0588. The number of methoxy groups -OCH3 is 1. The van der Waals surface area contributed by atoms with Crippen molar-refractivity contribution in [3.63, 3.8) is 0 Å². The molecule has 0 unspecified atom stereocenters. The molecule has 0 atom stereocenters. The third-order valence-electron chi connectivity index (χ3n) is 3.39. The van der Waals surface area contributed by atoms with Crippen molar-refractivity contribution < 1.29 is 18.7 Å². The quantitative estimate of drug-likeness (QED) is 0.729. The molecule has 0 aliphatic rings. The van der Waals surface area contributed by atoms with Gasteiger partial charge in [-0.15, -0.1) is 0 Å². The number of benzene rings is 2. The van der Waals surface area contributed by atoms with Crippen LogP contribution in [0.15, 0.2) is 48.5 Å². The Morgan fingerprint density at radius 2 is 1.83 bits per heavy atom. The van der Waals surface area contributed by atoms with E-state index in [9.17, 15) is 14.0 Å². The SMILES string of the molecule is COC(=O)c1ccc(NC(=O)c2cc3ccc(F)cc3[nH]2)cc1. The summed E-state index contributed by atoms with van der Waals surface area (Å²) in [5.41, 5.74) is 1.80. The number of carbonyl (C=O) groups is 2. The van der Waals surface area contributed by atoms with Crippen LogP contribution in [0.5, 0.6) is 0 Å². The van der Waals surface area contributed by atoms with Crippen LogP contribution in [0.4, 0.5) is 10.1 Å². The van der Waals surface area contributed by atoms with E-state index in [-0.39, 0.29) is 11.7 Å². The average molecular weight is 312 g/mol. The first-order valence-corrected chi connectivity index (χ1v) is 6.85. The smallest absolute Gasteiger partial charge is 0.337 e. The van der Waals surface area contributed by atoms with E-state index in [0.717, 1.165) is 5.39 Å². The molecule has 0 saturated carbocycles. The fourth-order valence-electron chi connectivity index (χ4n) is 2.23. The van der Waals surface area contributed by atoms with Crippen molar-refractivity contribution in [3.8, 4) is 0 Å². The molecule has 6 heteroatoms. The summed E-state index contributed by atoms with van der Waals surface area (Å²) in [6, 6.07) is 12.2. The largest absolute Gasteiger partial charge is 0.465 e. The van der Waals surface area contributed by atoms with Gasteiger partial charge in [-0.1, -0.05) is 0 Å². The highest BCUT2D eigenvalue weighted by Gasteiger charge is 2.11. The van der Waals surface area contributed by atoms with Crippen LogP contribution >= 0.6 is 0 Å². The molecule has 3 aromatic rings. The third kappa shape index (κ3) is 3.06. The molecule has 0 spiro atoms. The number of halogens is 1. The number of esters is 1. The molecule has 0 aliphatic heterocycles. The number of anilines is 1. The maximum Gasteiger partial charge on any atom is 0.337 e. The van der Waals surface area contributed by atoms with Gasteiger partial charge in [0.05, 0.1) is 12.7 Å². The molecular formula is C17H13FN2O3. The second-order valence-electron chi connectivity index (χ2n) is 4.94. The summed E-state index contributed by atoms with van der Waals surface area (Å²) in [6.07, 6.45) is 0. The summed E-state index contributed by atoms with van der Waals surface area (Å²) < 4.78 is 17.8. The number of amides is 1. The van der Waals surface area contributed by atoms with Gasteiger partial charge in [0.15, 0.2) is 0 Å². The minimum absolute atomic E-state index is 0.322. The molecule has 0 saturated heterocycles. The van der Waals surface area contributed by atoms with E-state index in [1.165, 1.54) is 19.2 Å².